The van der Waals surface area contributed by atoms with Gasteiger partial charge >= 0.3 is 0 Å². The van der Waals surface area contributed by atoms with Crippen LogP contribution in [0, 0.1) is 5.92 Å². The van der Waals surface area contributed by atoms with Gasteiger partial charge in [-0.2, -0.15) is 5.10 Å². The van der Waals surface area contributed by atoms with Crippen molar-refractivity contribution in [1.29, 1.82) is 0 Å². The normalized spacial score (nSPS) is 22.2. The number of nitrogens with zero attached hydrogens (tertiary/aromatic N) is 3. The molecule has 6 nitrogen and oxygen atoms in total. The lowest BCUT2D eigenvalue weighted by Crippen LogP contribution is -2.46. The summed E-state index contributed by atoms with van der Waals surface area (Å²) in [7, 11) is 0. The van der Waals surface area contributed by atoms with E-state index >= 15 is 0 Å². The molecule has 25 heavy (non-hydrogen) atoms. The van der Waals surface area contributed by atoms with Crippen LogP contribution in [0.2, 0.25) is 0 Å². The highest BCUT2D eigenvalue weighted by atomic mass is 32.1. The predicted octanol–water partition coefficient (Wildman–Crippen LogP) is 2.32. The van der Waals surface area contributed by atoms with Gasteiger partial charge in [-0.05, 0) is 36.3 Å². The lowest BCUT2D eigenvalue weighted by Gasteiger charge is -2.36. The molecule has 2 aromatic heterocycles. The Balaban J connectivity index is 1.38. The van der Waals surface area contributed by atoms with Gasteiger partial charge in [0.2, 0.25) is 0 Å². The van der Waals surface area contributed by atoms with E-state index in [-0.39, 0.29) is 5.91 Å². The minimum atomic E-state index is 0.0470. The Bertz CT molecular complexity index is 694. The van der Waals surface area contributed by atoms with E-state index in [1.165, 1.54) is 6.42 Å². The first-order valence-electron chi connectivity index (χ1n) is 8.98. The maximum absolute atomic E-state index is 12.8. The van der Waals surface area contributed by atoms with Crippen LogP contribution in [0.15, 0.2) is 23.6 Å². The molecule has 1 N–H and O–H groups in total. The molecule has 0 aromatic carbocycles. The van der Waals surface area contributed by atoms with Crippen molar-refractivity contribution in [2.45, 2.75) is 12.8 Å². The Kier molecular flexibility index (Phi) is 5.14. The Morgan fingerprint density at radius 3 is 3.04 bits per heavy atom. The first-order chi connectivity index (χ1) is 12.3. The summed E-state index contributed by atoms with van der Waals surface area (Å²) < 4.78 is 5.42. The van der Waals surface area contributed by atoms with Gasteiger partial charge in [-0.25, -0.2) is 0 Å². The average Bonchev–Trinajstić information content (AvgIpc) is 3.34. The van der Waals surface area contributed by atoms with Crippen LogP contribution in [0.4, 0.5) is 0 Å². The van der Waals surface area contributed by atoms with E-state index in [9.17, 15) is 4.79 Å². The third kappa shape index (κ3) is 3.94. The molecule has 2 saturated heterocycles. The number of carbonyl (C=O) groups is 1. The van der Waals surface area contributed by atoms with Gasteiger partial charge in [0.1, 0.15) is 0 Å². The number of nitrogens with one attached hydrogen (secondary N) is 1. The number of H-pyrrole nitrogens is 1. The standard InChI is InChI=1S/C18H24N4O2S/c23-18(16-11-15(19-20-16)17-4-2-10-25-17)22-5-1-3-14(13-22)12-21-6-8-24-9-7-21/h2,4,10-11,14H,1,3,5-9,12-13H2,(H,19,20)/t14-/m1/s1. The number of morpholine rings is 1. The third-order valence-electron chi connectivity index (χ3n) is 5.01. The summed E-state index contributed by atoms with van der Waals surface area (Å²) in [6.45, 7) is 6.40. The number of rotatable bonds is 4. The molecule has 7 heteroatoms. The predicted molar refractivity (Wildman–Crippen MR) is 97.8 cm³/mol. The lowest BCUT2D eigenvalue weighted by atomic mass is 9.97. The van der Waals surface area contributed by atoms with Crippen molar-refractivity contribution >= 4 is 17.2 Å². The van der Waals surface area contributed by atoms with Crippen molar-refractivity contribution in [2.75, 3.05) is 45.9 Å². The fourth-order valence-electron chi connectivity index (χ4n) is 3.70. The van der Waals surface area contributed by atoms with E-state index in [0.29, 0.717) is 11.6 Å². The number of piperidine rings is 1. The highest BCUT2D eigenvalue weighted by molar-refractivity contribution is 7.13. The zero-order valence-electron chi connectivity index (χ0n) is 14.3. The molecule has 2 fully saturated rings. The summed E-state index contributed by atoms with van der Waals surface area (Å²) in [5.41, 5.74) is 1.44. The van der Waals surface area contributed by atoms with Gasteiger partial charge in [0.25, 0.3) is 5.91 Å². The molecule has 0 bridgehead atoms. The van der Waals surface area contributed by atoms with Gasteiger partial charge in [0, 0.05) is 32.7 Å². The zero-order chi connectivity index (χ0) is 17.1. The minimum Gasteiger partial charge on any atom is -0.379 e. The Morgan fingerprint density at radius 1 is 1.36 bits per heavy atom. The van der Waals surface area contributed by atoms with Crippen molar-refractivity contribution in [3.05, 3.63) is 29.3 Å². The van der Waals surface area contributed by atoms with Gasteiger partial charge in [-0.15, -0.1) is 11.3 Å². The van der Waals surface area contributed by atoms with Crippen LogP contribution in [-0.4, -0.2) is 71.8 Å². The highest BCUT2D eigenvalue weighted by Gasteiger charge is 2.27. The van der Waals surface area contributed by atoms with Gasteiger partial charge in [0.15, 0.2) is 5.69 Å². The van der Waals surface area contributed by atoms with Crippen LogP contribution in [0.25, 0.3) is 10.6 Å². The Morgan fingerprint density at radius 2 is 2.24 bits per heavy atom. The molecular formula is C18H24N4O2S. The van der Waals surface area contributed by atoms with Crippen molar-refractivity contribution in [3.8, 4) is 10.6 Å². The van der Waals surface area contributed by atoms with Crippen molar-refractivity contribution < 1.29 is 9.53 Å². The average molecular weight is 360 g/mol. The smallest absolute Gasteiger partial charge is 0.274 e. The number of amides is 1. The van der Waals surface area contributed by atoms with Gasteiger partial charge in [-0.3, -0.25) is 14.8 Å². The number of aromatic nitrogens is 2. The van der Waals surface area contributed by atoms with Crippen LogP contribution in [-0.2, 0) is 4.74 Å². The van der Waals surface area contributed by atoms with Gasteiger partial charge < -0.3 is 9.64 Å². The SMILES string of the molecule is O=C(c1cc(-c2cccs2)[nH]n1)N1CCC[C@H](CN2CCOCC2)C1. The van der Waals surface area contributed by atoms with Crippen LogP contribution < -0.4 is 0 Å². The van der Waals surface area contributed by atoms with Gasteiger partial charge in [0.05, 0.1) is 23.8 Å². The molecule has 0 spiro atoms. The summed E-state index contributed by atoms with van der Waals surface area (Å²) in [6.07, 6.45) is 2.27. The Labute approximate surface area is 151 Å². The topological polar surface area (TPSA) is 61.5 Å². The largest absolute Gasteiger partial charge is 0.379 e. The zero-order valence-corrected chi connectivity index (χ0v) is 15.1. The van der Waals surface area contributed by atoms with E-state index in [2.05, 4.69) is 15.1 Å². The molecular weight excluding hydrogens is 336 g/mol. The van der Waals surface area contributed by atoms with Crippen molar-refractivity contribution in [3.63, 3.8) is 0 Å². The number of ether oxygens (including phenoxy) is 1. The minimum absolute atomic E-state index is 0.0470. The first-order valence-corrected chi connectivity index (χ1v) is 9.86. The second kappa shape index (κ2) is 7.68. The number of aromatic amines is 1. The molecule has 2 aliphatic heterocycles. The van der Waals surface area contributed by atoms with Crippen molar-refractivity contribution in [2.24, 2.45) is 5.92 Å². The molecule has 1 atom stereocenters. The third-order valence-corrected chi connectivity index (χ3v) is 5.91. The van der Waals surface area contributed by atoms with Gasteiger partial charge in [-0.1, -0.05) is 6.07 Å². The maximum atomic E-state index is 12.8. The molecule has 4 rings (SSSR count). The monoisotopic (exact) mass is 360 g/mol. The van der Waals surface area contributed by atoms with E-state index < -0.39 is 0 Å². The molecule has 134 valence electrons. The molecule has 0 unspecified atom stereocenters. The second-order valence-electron chi connectivity index (χ2n) is 6.82. The summed E-state index contributed by atoms with van der Waals surface area (Å²) in [4.78, 5) is 18.4. The number of thiophene rings is 1. The van der Waals surface area contributed by atoms with E-state index in [1.807, 2.05) is 28.5 Å². The molecule has 2 aromatic rings. The number of likely N-dealkylation sites (tertiary alicyclic amines) is 1. The van der Waals surface area contributed by atoms with Crippen LogP contribution in [0.5, 0.6) is 0 Å². The molecule has 2 aliphatic rings. The van der Waals surface area contributed by atoms with Crippen LogP contribution >= 0.6 is 11.3 Å². The molecule has 0 radical (unpaired) electrons. The summed E-state index contributed by atoms with van der Waals surface area (Å²) in [5, 5.41) is 9.27. The summed E-state index contributed by atoms with van der Waals surface area (Å²) >= 11 is 1.64. The number of hydrogen-bond donors (Lipinski definition) is 1. The quantitative estimate of drug-likeness (QED) is 0.909. The highest BCUT2D eigenvalue weighted by Crippen LogP contribution is 2.24. The lowest BCUT2D eigenvalue weighted by molar-refractivity contribution is 0.0223. The molecule has 4 heterocycles. The van der Waals surface area contributed by atoms with E-state index in [4.69, 9.17) is 4.74 Å². The Hall–Kier alpha value is -1.70. The number of carbonyl (C=O) groups excluding carboxylic acids is 1. The second-order valence-corrected chi connectivity index (χ2v) is 7.76. The fourth-order valence-corrected chi connectivity index (χ4v) is 4.39. The van der Waals surface area contributed by atoms with E-state index in [0.717, 1.165) is 62.9 Å². The molecule has 1 amide bonds. The van der Waals surface area contributed by atoms with E-state index in [1.54, 1.807) is 11.3 Å². The fraction of sp³-hybridized carbons (Fsp3) is 0.556. The molecule has 0 saturated carbocycles. The van der Waals surface area contributed by atoms with Crippen LogP contribution in [0.3, 0.4) is 0 Å². The first kappa shape index (κ1) is 16.8. The summed E-state index contributed by atoms with van der Waals surface area (Å²) in [6, 6.07) is 5.91. The molecule has 0 aliphatic carbocycles. The maximum Gasteiger partial charge on any atom is 0.274 e. The summed E-state index contributed by atoms with van der Waals surface area (Å²) in [5.74, 6) is 0.595. The van der Waals surface area contributed by atoms with Crippen molar-refractivity contribution in [1.82, 2.24) is 20.0 Å². The van der Waals surface area contributed by atoms with Crippen LogP contribution in [0.1, 0.15) is 23.3 Å². The number of hydrogen-bond acceptors (Lipinski definition) is 5.